The van der Waals surface area contributed by atoms with Gasteiger partial charge in [-0.1, -0.05) is 6.07 Å². The van der Waals surface area contributed by atoms with Crippen molar-refractivity contribution >= 4 is 5.91 Å². The molecule has 4 nitrogen and oxygen atoms in total. The van der Waals surface area contributed by atoms with Crippen molar-refractivity contribution in [2.24, 2.45) is 5.73 Å². The zero-order valence-corrected chi connectivity index (χ0v) is 13.8. The first-order chi connectivity index (χ1) is 9.91. The Kier molecular flexibility index (Phi) is 7.40. The maximum Gasteiger partial charge on any atom is 0.248 e. The zero-order chi connectivity index (χ0) is 15.8. The number of nitrogens with zero attached hydrogens (tertiary/aromatic N) is 1. The van der Waals surface area contributed by atoms with Gasteiger partial charge in [0.25, 0.3) is 0 Å². The lowest BCUT2D eigenvalue weighted by molar-refractivity contribution is 0.1000. The van der Waals surface area contributed by atoms with E-state index in [0.29, 0.717) is 11.6 Å². The van der Waals surface area contributed by atoms with Gasteiger partial charge >= 0.3 is 0 Å². The number of carbonyl (C=O) groups excluding carboxylic acids is 1. The number of carbonyl (C=O) groups is 1. The minimum Gasteiger partial charge on any atom is -0.366 e. The van der Waals surface area contributed by atoms with Crippen LogP contribution < -0.4 is 11.1 Å². The highest BCUT2D eigenvalue weighted by Crippen LogP contribution is 2.10. The lowest BCUT2D eigenvalue weighted by Crippen LogP contribution is -2.27. The van der Waals surface area contributed by atoms with E-state index >= 15 is 0 Å². The number of nitrogens with one attached hydrogen (secondary N) is 1. The molecule has 0 spiro atoms. The summed E-state index contributed by atoms with van der Waals surface area (Å²) in [6.07, 6.45) is 2.39. The van der Waals surface area contributed by atoms with E-state index < -0.39 is 0 Å². The fraction of sp³-hybridized carbons (Fsp3) is 0.588. The molecule has 0 aliphatic heterocycles. The molecule has 1 aromatic rings. The molecule has 0 aliphatic carbocycles. The third-order valence-corrected chi connectivity index (χ3v) is 3.94. The molecule has 21 heavy (non-hydrogen) atoms. The van der Waals surface area contributed by atoms with Gasteiger partial charge in [-0.15, -0.1) is 0 Å². The van der Waals surface area contributed by atoms with Crippen LogP contribution in [-0.2, 0) is 6.54 Å². The Morgan fingerprint density at radius 2 is 2.05 bits per heavy atom. The molecule has 0 saturated heterocycles. The summed E-state index contributed by atoms with van der Waals surface area (Å²) < 4.78 is 0. The quantitative estimate of drug-likeness (QED) is 0.686. The molecular weight excluding hydrogens is 262 g/mol. The SMILES string of the molecule is Cc1cc(C(N)=O)ccc1CNCCCCN(C)C(C)C. The van der Waals surface area contributed by atoms with Crippen molar-refractivity contribution < 1.29 is 4.79 Å². The number of aryl methyl sites for hydroxylation is 1. The monoisotopic (exact) mass is 291 g/mol. The second kappa shape index (κ2) is 8.80. The number of benzene rings is 1. The molecule has 0 aromatic heterocycles. The second-order valence-electron chi connectivity index (χ2n) is 5.96. The number of primary amides is 1. The molecule has 0 atom stereocenters. The molecule has 3 N–H and O–H groups in total. The predicted molar refractivity (Wildman–Crippen MR) is 88.4 cm³/mol. The Balaban J connectivity index is 2.26. The minimum atomic E-state index is -0.369. The highest BCUT2D eigenvalue weighted by atomic mass is 16.1. The van der Waals surface area contributed by atoms with Gasteiger partial charge in [0.15, 0.2) is 0 Å². The smallest absolute Gasteiger partial charge is 0.248 e. The number of hydrogen-bond donors (Lipinski definition) is 2. The van der Waals surface area contributed by atoms with Gasteiger partial charge in [0.05, 0.1) is 0 Å². The van der Waals surface area contributed by atoms with Gasteiger partial charge in [0.2, 0.25) is 5.91 Å². The lowest BCUT2D eigenvalue weighted by atomic mass is 10.0. The zero-order valence-electron chi connectivity index (χ0n) is 13.8. The minimum absolute atomic E-state index is 0.369. The largest absolute Gasteiger partial charge is 0.366 e. The van der Waals surface area contributed by atoms with Gasteiger partial charge in [0, 0.05) is 18.2 Å². The van der Waals surface area contributed by atoms with Crippen molar-refractivity contribution in [1.29, 1.82) is 0 Å². The van der Waals surface area contributed by atoms with Crippen LogP contribution in [0.25, 0.3) is 0 Å². The van der Waals surface area contributed by atoms with Crippen LogP contribution in [0.1, 0.15) is 48.2 Å². The third-order valence-electron chi connectivity index (χ3n) is 3.94. The standard InChI is InChI=1S/C17H29N3O/c1-13(2)20(4)10-6-5-9-19-12-16-8-7-15(17(18)21)11-14(16)3/h7-8,11,13,19H,5-6,9-10,12H2,1-4H3,(H2,18,21). The number of rotatable bonds is 9. The Hall–Kier alpha value is -1.39. The maximum absolute atomic E-state index is 11.1. The van der Waals surface area contributed by atoms with E-state index in [0.717, 1.165) is 25.2 Å². The van der Waals surface area contributed by atoms with Crippen molar-refractivity contribution in [1.82, 2.24) is 10.2 Å². The van der Waals surface area contributed by atoms with Gasteiger partial charge in [0.1, 0.15) is 0 Å². The third kappa shape index (κ3) is 6.27. The fourth-order valence-electron chi connectivity index (χ4n) is 2.14. The highest BCUT2D eigenvalue weighted by molar-refractivity contribution is 5.93. The summed E-state index contributed by atoms with van der Waals surface area (Å²) in [4.78, 5) is 13.5. The van der Waals surface area contributed by atoms with Gasteiger partial charge in [-0.05, 0) is 77.0 Å². The van der Waals surface area contributed by atoms with Crippen LogP contribution in [0.2, 0.25) is 0 Å². The summed E-state index contributed by atoms with van der Waals surface area (Å²) in [6.45, 7) is 9.45. The van der Waals surface area contributed by atoms with E-state index in [1.165, 1.54) is 18.4 Å². The summed E-state index contributed by atoms with van der Waals surface area (Å²) in [5, 5.41) is 3.46. The molecule has 0 saturated carbocycles. The number of nitrogens with two attached hydrogens (primary N) is 1. The first-order valence-electron chi connectivity index (χ1n) is 7.72. The molecule has 1 aromatic carbocycles. The summed E-state index contributed by atoms with van der Waals surface area (Å²) in [5.41, 5.74) is 8.18. The Bertz CT molecular complexity index is 457. The molecule has 4 heteroatoms. The molecule has 0 radical (unpaired) electrons. The average Bonchev–Trinajstić information content (AvgIpc) is 2.43. The molecule has 0 heterocycles. The van der Waals surface area contributed by atoms with E-state index in [2.05, 4.69) is 31.1 Å². The Labute approximate surface area is 128 Å². The summed E-state index contributed by atoms with van der Waals surface area (Å²) in [6, 6.07) is 6.25. The molecule has 0 bridgehead atoms. The Morgan fingerprint density at radius 1 is 1.33 bits per heavy atom. The molecule has 1 rings (SSSR count). The lowest BCUT2D eigenvalue weighted by Gasteiger charge is -2.20. The molecule has 0 fully saturated rings. The van der Waals surface area contributed by atoms with Crippen molar-refractivity contribution in [2.75, 3.05) is 20.1 Å². The number of hydrogen-bond acceptors (Lipinski definition) is 3. The molecule has 0 unspecified atom stereocenters. The average molecular weight is 291 g/mol. The topological polar surface area (TPSA) is 58.4 Å². The number of amides is 1. The van der Waals surface area contributed by atoms with Crippen LogP contribution in [0, 0.1) is 6.92 Å². The van der Waals surface area contributed by atoms with E-state index in [4.69, 9.17) is 5.73 Å². The Morgan fingerprint density at radius 3 is 2.62 bits per heavy atom. The van der Waals surface area contributed by atoms with Crippen LogP contribution in [0.3, 0.4) is 0 Å². The molecule has 118 valence electrons. The van der Waals surface area contributed by atoms with Crippen molar-refractivity contribution in [3.05, 3.63) is 34.9 Å². The predicted octanol–water partition coefficient (Wildman–Crippen LogP) is 2.30. The summed E-state index contributed by atoms with van der Waals surface area (Å²) in [5.74, 6) is -0.369. The second-order valence-corrected chi connectivity index (χ2v) is 5.96. The van der Waals surface area contributed by atoms with Gasteiger partial charge < -0.3 is 16.0 Å². The fourth-order valence-corrected chi connectivity index (χ4v) is 2.14. The van der Waals surface area contributed by atoms with Crippen LogP contribution in [-0.4, -0.2) is 37.0 Å². The highest BCUT2D eigenvalue weighted by Gasteiger charge is 2.04. The van der Waals surface area contributed by atoms with Gasteiger partial charge in [-0.2, -0.15) is 0 Å². The van der Waals surface area contributed by atoms with E-state index in [-0.39, 0.29) is 5.91 Å². The molecule has 0 aliphatic rings. The maximum atomic E-state index is 11.1. The van der Waals surface area contributed by atoms with Crippen LogP contribution in [0.5, 0.6) is 0 Å². The van der Waals surface area contributed by atoms with Crippen LogP contribution >= 0.6 is 0 Å². The van der Waals surface area contributed by atoms with Crippen molar-refractivity contribution in [3.8, 4) is 0 Å². The van der Waals surface area contributed by atoms with E-state index in [1.807, 2.05) is 19.1 Å². The van der Waals surface area contributed by atoms with Gasteiger partial charge in [-0.3, -0.25) is 4.79 Å². The van der Waals surface area contributed by atoms with E-state index in [1.54, 1.807) is 6.07 Å². The first kappa shape index (κ1) is 17.7. The normalized spacial score (nSPS) is 11.3. The summed E-state index contributed by atoms with van der Waals surface area (Å²) in [7, 11) is 2.17. The first-order valence-corrected chi connectivity index (χ1v) is 7.72. The molecular formula is C17H29N3O. The van der Waals surface area contributed by atoms with Crippen molar-refractivity contribution in [2.45, 2.75) is 46.2 Å². The number of unbranched alkanes of at least 4 members (excludes halogenated alkanes) is 1. The summed E-state index contributed by atoms with van der Waals surface area (Å²) >= 11 is 0. The molecule has 1 amide bonds. The van der Waals surface area contributed by atoms with E-state index in [9.17, 15) is 4.79 Å². The van der Waals surface area contributed by atoms with Crippen molar-refractivity contribution in [3.63, 3.8) is 0 Å². The van der Waals surface area contributed by atoms with Crippen LogP contribution in [0.15, 0.2) is 18.2 Å². The van der Waals surface area contributed by atoms with Crippen LogP contribution in [0.4, 0.5) is 0 Å². The van der Waals surface area contributed by atoms with Gasteiger partial charge in [-0.25, -0.2) is 0 Å².